The number of nitrogens with one attached hydrogen (secondary N) is 3. The van der Waals surface area contributed by atoms with E-state index in [1.54, 1.807) is 18.2 Å². The molecular weight excluding hydrogens is 521 g/mol. The van der Waals surface area contributed by atoms with Crippen LogP contribution in [0.2, 0.25) is 0 Å². The van der Waals surface area contributed by atoms with Gasteiger partial charge in [0.15, 0.2) is 11.5 Å². The van der Waals surface area contributed by atoms with E-state index in [0.717, 1.165) is 12.3 Å². The van der Waals surface area contributed by atoms with Gasteiger partial charge in [0.1, 0.15) is 17.4 Å². The first kappa shape index (κ1) is 27.7. The summed E-state index contributed by atoms with van der Waals surface area (Å²) in [6, 6.07) is 6.53. The van der Waals surface area contributed by atoms with Gasteiger partial charge in [-0.2, -0.15) is 13.2 Å². The number of hydrogen-bond donors (Lipinski definition) is 3. The summed E-state index contributed by atoms with van der Waals surface area (Å²) in [6.07, 6.45) is -1.19. The molecule has 0 bridgehead atoms. The van der Waals surface area contributed by atoms with E-state index < -0.39 is 35.6 Å². The van der Waals surface area contributed by atoms with Gasteiger partial charge in [-0.1, -0.05) is 0 Å². The van der Waals surface area contributed by atoms with Gasteiger partial charge in [-0.3, -0.25) is 19.4 Å². The Hall–Kier alpha value is -4.33. The van der Waals surface area contributed by atoms with Crippen molar-refractivity contribution in [1.82, 2.24) is 30.9 Å². The van der Waals surface area contributed by atoms with Crippen LogP contribution in [0.25, 0.3) is 11.5 Å². The Balaban J connectivity index is 1.41. The Bertz CT molecular complexity index is 1340. The van der Waals surface area contributed by atoms with Crippen molar-refractivity contribution in [3.63, 3.8) is 0 Å². The molecule has 4 heterocycles. The van der Waals surface area contributed by atoms with Crippen molar-refractivity contribution in [2.45, 2.75) is 31.6 Å². The molecule has 0 spiro atoms. The number of rotatable bonds is 8. The molecule has 0 aliphatic carbocycles. The predicted octanol–water partition coefficient (Wildman–Crippen LogP) is 2.35. The Morgan fingerprint density at radius 3 is 2.51 bits per heavy atom. The number of halogens is 3. The summed E-state index contributed by atoms with van der Waals surface area (Å²) in [6.45, 7) is 0.983. The van der Waals surface area contributed by atoms with E-state index in [-0.39, 0.29) is 29.9 Å². The number of nitrogens with zero attached hydrogens (tertiary/aromatic N) is 3. The Morgan fingerprint density at radius 1 is 1.05 bits per heavy atom. The van der Waals surface area contributed by atoms with Crippen molar-refractivity contribution >= 4 is 17.7 Å². The molecule has 1 aliphatic heterocycles. The van der Waals surface area contributed by atoms with Crippen LogP contribution in [0.1, 0.15) is 45.3 Å². The van der Waals surface area contributed by atoms with Crippen LogP contribution in [0.15, 0.2) is 47.1 Å². The minimum absolute atomic E-state index is 0.0179. The average Bonchev–Trinajstić information content (AvgIpc) is 3.45. The van der Waals surface area contributed by atoms with E-state index >= 15 is 0 Å². The average molecular weight is 547 g/mol. The predicted molar refractivity (Wildman–Crippen MR) is 129 cm³/mol. The van der Waals surface area contributed by atoms with E-state index in [0.29, 0.717) is 37.3 Å². The quantitative estimate of drug-likeness (QED) is 0.390. The largest absolute Gasteiger partial charge is 0.451 e. The van der Waals surface area contributed by atoms with Gasteiger partial charge in [0, 0.05) is 39.2 Å². The molecule has 1 fully saturated rings. The van der Waals surface area contributed by atoms with Crippen molar-refractivity contribution < 1.29 is 36.7 Å². The van der Waals surface area contributed by atoms with E-state index in [1.165, 1.54) is 19.3 Å². The van der Waals surface area contributed by atoms with Crippen molar-refractivity contribution in [1.29, 1.82) is 0 Å². The van der Waals surface area contributed by atoms with Crippen molar-refractivity contribution in [3.8, 4) is 11.5 Å². The SMILES string of the molecule is CNC(=O)C(NC(=O)c1ccc(-c2cc(CNC(=O)c3ccnc(C(F)(F)F)n3)ccn2)o1)C1CCOCC1. The second kappa shape index (κ2) is 12.0. The third-order valence-corrected chi connectivity index (χ3v) is 6.05. The Morgan fingerprint density at radius 2 is 1.79 bits per heavy atom. The maximum absolute atomic E-state index is 12.9. The van der Waals surface area contributed by atoms with Gasteiger partial charge < -0.3 is 25.1 Å². The molecule has 14 heteroatoms. The molecule has 4 rings (SSSR count). The fraction of sp³-hybridized carbons (Fsp3) is 0.360. The van der Waals surface area contributed by atoms with Crippen LogP contribution in [0.3, 0.4) is 0 Å². The van der Waals surface area contributed by atoms with Crippen LogP contribution < -0.4 is 16.0 Å². The normalized spacial score (nSPS) is 14.9. The van der Waals surface area contributed by atoms with Gasteiger partial charge in [-0.25, -0.2) is 9.97 Å². The van der Waals surface area contributed by atoms with E-state index in [1.807, 2.05) is 0 Å². The molecule has 3 N–H and O–H groups in total. The minimum Gasteiger partial charge on any atom is -0.449 e. The van der Waals surface area contributed by atoms with Gasteiger partial charge in [0.05, 0.1) is 0 Å². The molecular formula is C25H25F3N6O5. The van der Waals surface area contributed by atoms with Gasteiger partial charge in [-0.15, -0.1) is 0 Å². The van der Waals surface area contributed by atoms with Gasteiger partial charge >= 0.3 is 6.18 Å². The van der Waals surface area contributed by atoms with Crippen LogP contribution in [0.4, 0.5) is 13.2 Å². The number of carbonyl (C=O) groups is 3. The zero-order valence-electron chi connectivity index (χ0n) is 20.7. The lowest BCUT2D eigenvalue weighted by atomic mass is 9.91. The molecule has 0 saturated carbocycles. The smallest absolute Gasteiger partial charge is 0.449 e. The highest BCUT2D eigenvalue weighted by molar-refractivity contribution is 5.96. The molecule has 1 unspecified atom stereocenters. The summed E-state index contributed by atoms with van der Waals surface area (Å²) in [7, 11) is 1.50. The van der Waals surface area contributed by atoms with Crippen molar-refractivity contribution in [3.05, 3.63) is 65.6 Å². The number of amides is 3. The summed E-state index contributed by atoms with van der Waals surface area (Å²) >= 11 is 0. The Kier molecular flexibility index (Phi) is 8.54. The first-order valence-electron chi connectivity index (χ1n) is 12.0. The number of furan rings is 1. The lowest BCUT2D eigenvalue weighted by Crippen LogP contribution is -2.51. The monoisotopic (exact) mass is 546 g/mol. The standard InChI is InChI=1S/C25H25F3N6O5/c1-29-23(37)20(15-6-10-38-11-7-15)34-22(36)19-3-2-18(39-19)17-12-14(4-8-30-17)13-32-21(35)16-5-9-31-24(33-16)25(26,27)28/h2-5,8-9,12,15,20H,6-7,10-11,13H2,1H3,(H,29,37)(H,32,35)(H,34,36). The third-order valence-electron chi connectivity index (χ3n) is 6.05. The number of pyridine rings is 1. The number of aromatic nitrogens is 3. The maximum atomic E-state index is 12.9. The summed E-state index contributed by atoms with van der Waals surface area (Å²) < 4.78 is 49.5. The molecule has 11 nitrogen and oxygen atoms in total. The van der Waals surface area contributed by atoms with Gasteiger partial charge in [0.2, 0.25) is 11.7 Å². The van der Waals surface area contributed by atoms with Gasteiger partial charge in [-0.05, 0) is 54.7 Å². The fourth-order valence-electron chi connectivity index (χ4n) is 4.03. The first-order valence-corrected chi connectivity index (χ1v) is 12.0. The molecule has 1 aliphatic rings. The van der Waals surface area contributed by atoms with E-state index in [2.05, 4.69) is 30.9 Å². The second-order valence-corrected chi connectivity index (χ2v) is 8.67. The Labute approximate surface area is 220 Å². The summed E-state index contributed by atoms with van der Waals surface area (Å²) in [5, 5.41) is 7.82. The number of ether oxygens (including phenoxy) is 1. The number of hydrogen-bond acceptors (Lipinski definition) is 8. The minimum atomic E-state index is -4.77. The van der Waals surface area contributed by atoms with Crippen LogP contribution >= 0.6 is 0 Å². The highest BCUT2D eigenvalue weighted by Gasteiger charge is 2.35. The molecule has 0 radical (unpaired) electrons. The van der Waals surface area contributed by atoms with Crippen LogP contribution in [0.5, 0.6) is 0 Å². The summed E-state index contributed by atoms with van der Waals surface area (Å²) in [5.74, 6) is -2.92. The maximum Gasteiger partial charge on any atom is 0.451 e. The van der Waals surface area contributed by atoms with Crippen LogP contribution in [0, 0.1) is 5.92 Å². The molecule has 206 valence electrons. The molecule has 3 aromatic rings. The highest BCUT2D eigenvalue weighted by Crippen LogP contribution is 2.26. The fourth-order valence-corrected chi connectivity index (χ4v) is 4.03. The van der Waals surface area contributed by atoms with Crippen molar-refractivity contribution in [2.75, 3.05) is 20.3 Å². The topological polar surface area (TPSA) is 148 Å². The lowest BCUT2D eigenvalue weighted by Gasteiger charge is -2.29. The number of carbonyl (C=O) groups excluding carboxylic acids is 3. The zero-order valence-corrected chi connectivity index (χ0v) is 20.7. The number of likely N-dealkylation sites (N-methyl/N-ethyl adjacent to an activating group) is 1. The highest BCUT2D eigenvalue weighted by atomic mass is 19.4. The summed E-state index contributed by atoms with van der Waals surface area (Å²) in [4.78, 5) is 48.2. The van der Waals surface area contributed by atoms with Gasteiger partial charge in [0.25, 0.3) is 11.8 Å². The molecule has 3 aromatic heterocycles. The molecule has 1 saturated heterocycles. The van der Waals surface area contributed by atoms with Crippen LogP contribution in [-0.2, 0) is 22.3 Å². The first-order chi connectivity index (χ1) is 18.7. The second-order valence-electron chi connectivity index (χ2n) is 8.67. The zero-order chi connectivity index (χ0) is 28.0. The molecule has 1 atom stereocenters. The van der Waals surface area contributed by atoms with Crippen molar-refractivity contribution in [2.24, 2.45) is 5.92 Å². The lowest BCUT2D eigenvalue weighted by molar-refractivity contribution is -0.145. The van der Waals surface area contributed by atoms with Crippen LogP contribution in [-0.4, -0.2) is 59.0 Å². The molecule has 0 aromatic carbocycles. The number of alkyl halides is 3. The van der Waals surface area contributed by atoms with E-state index in [9.17, 15) is 27.6 Å². The van der Waals surface area contributed by atoms with E-state index in [4.69, 9.17) is 9.15 Å². The molecule has 3 amide bonds. The summed E-state index contributed by atoms with van der Waals surface area (Å²) in [5.41, 5.74) is 0.499. The third kappa shape index (κ3) is 6.96. The molecule has 39 heavy (non-hydrogen) atoms.